The third-order valence-corrected chi connectivity index (χ3v) is 5.91. The van der Waals surface area contributed by atoms with Crippen LogP contribution in [0.1, 0.15) is 24.4 Å². The number of rotatable bonds is 5. The van der Waals surface area contributed by atoms with Crippen molar-refractivity contribution in [2.24, 2.45) is 0 Å². The molecule has 5 nitrogen and oxygen atoms in total. The van der Waals surface area contributed by atoms with Crippen LogP contribution < -0.4 is 0 Å². The maximum Gasteiger partial charge on any atom is 0.257 e. The minimum atomic E-state index is 0.133. The highest BCUT2D eigenvalue weighted by molar-refractivity contribution is 7.13. The monoisotopic (exact) mass is 388 g/mol. The van der Waals surface area contributed by atoms with Crippen LogP contribution in [-0.2, 0) is 6.54 Å². The van der Waals surface area contributed by atoms with Crippen molar-refractivity contribution in [2.45, 2.75) is 19.5 Å². The van der Waals surface area contributed by atoms with E-state index in [4.69, 9.17) is 16.0 Å². The van der Waals surface area contributed by atoms with Gasteiger partial charge < -0.3 is 4.42 Å². The summed E-state index contributed by atoms with van der Waals surface area (Å²) in [5, 5.41) is 11.3. The lowest BCUT2D eigenvalue weighted by Crippen LogP contribution is -2.46. The molecule has 4 rings (SSSR count). The number of halogens is 1. The van der Waals surface area contributed by atoms with E-state index in [1.54, 1.807) is 11.3 Å². The Morgan fingerprint density at radius 2 is 1.88 bits per heavy atom. The minimum absolute atomic E-state index is 0.133. The van der Waals surface area contributed by atoms with E-state index in [1.807, 2.05) is 29.6 Å². The largest absolute Gasteiger partial charge is 0.418 e. The Bertz CT molecular complexity index is 826. The number of piperazine rings is 1. The molecule has 3 aromatic rings. The van der Waals surface area contributed by atoms with Crippen molar-refractivity contribution < 1.29 is 4.42 Å². The van der Waals surface area contributed by atoms with E-state index in [9.17, 15) is 0 Å². The first-order chi connectivity index (χ1) is 12.7. The molecule has 1 saturated heterocycles. The second-order valence-electron chi connectivity index (χ2n) is 6.54. The first kappa shape index (κ1) is 17.7. The zero-order valence-corrected chi connectivity index (χ0v) is 16.2. The molecular formula is C19H21ClN4OS. The second kappa shape index (κ2) is 7.88. The van der Waals surface area contributed by atoms with Crippen LogP contribution >= 0.6 is 22.9 Å². The zero-order chi connectivity index (χ0) is 17.9. The molecule has 0 spiro atoms. The SMILES string of the molecule is C[C@@H](c1nnc(-c2cccs2)o1)N1CCN(Cc2ccc(Cl)cc2)CC1. The van der Waals surface area contributed by atoms with Gasteiger partial charge in [-0.3, -0.25) is 9.80 Å². The van der Waals surface area contributed by atoms with Crippen LogP contribution in [0.15, 0.2) is 46.2 Å². The van der Waals surface area contributed by atoms with Gasteiger partial charge >= 0.3 is 0 Å². The summed E-state index contributed by atoms with van der Waals surface area (Å²) in [6, 6.07) is 12.2. The number of nitrogens with zero attached hydrogens (tertiary/aromatic N) is 4. The van der Waals surface area contributed by atoms with Gasteiger partial charge in [0.1, 0.15) is 0 Å². The Morgan fingerprint density at radius 3 is 2.58 bits per heavy atom. The Kier molecular flexibility index (Phi) is 5.36. The number of benzene rings is 1. The third-order valence-electron chi connectivity index (χ3n) is 4.80. The van der Waals surface area contributed by atoms with Gasteiger partial charge in [-0.2, -0.15) is 0 Å². The summed E-state index contributed by atoms with van der Waals surface area (Å²) >= 11 is 7.58. The Morgan fingerprint density at radius 1 is 1.12 bits per heavy atom. The molecule has 7 heteroatoms. The van der Waals surface area contributed by atoms with Crippen molar-refractivity contribution in [1.29, 1.82) is 0 Å². The average molecular weight is 389 g/mol. The number of thiophene rings is 1. The van der Waals surface area contributed by atoms with Crippen molar-refractivity contribution in [1.82, 2.24) is 20.0 Å². The van der Waals surface area contributed by atoms with Crippen LogP contribution in [0.4, 0.5) is 0 Å². The topological polar surface area (TPSA) is 45.4 Å². The molecule has 1 aromatic carbocycles. The molecule has 1 aliphatic heterocycles. The van der Waals surface area contributed by atoms with Crippen molar-refractivity contribution >= 4 is 22.9 Å². The van der Waals surface area contributed by atoms with Gasteiger partial charge in [0.05, 0.1) is 10.9 Å². The summed E-state index contributed by atoms with van der Waals surface area (Å²) in [6.45, 7) is 7.14. The highest BCUT2D eigenvalue weighted by atomic mass is 35.5. The fraction of sp³-hybridized carbons (Fsp3) is 0.368. The van der Waals surface area contributed by atoms with Gasteiger partial charge in [-0.1, -0.05) is 29.8 Å². The van der Waals surface area contributed by atoms with E-state index >= 15 is 0 Å². The standard InChI is InChI=1S/C19H21ClN4OS/c1-14(18-21-22-19(25-18)17-3-2-12-26-17)24-10-8-23(9-11-24)13-15-4-6-16(20)7-5-15/h2-7,12,14H,8-11,13H2,1H3/t14-/m0/s1. The van der Waals surface area contributed by atoms with Crippen molar-refractivity contribution in [3.8, 4) is 10.8 Å². The van der Waals surface area contributed by atoms with Crippen LogP contribution in [0.5, 0.6) is 0 Å². The van der Waals surface area contributed by atoms with Crippen molar-refractivity contribution in [2.75, 3.05) is 26.2 Å². The van der Waals surface area contributed by atoms with Gasteiger partial charge in [0.15, 0.2) is 0 Å². The number of aromatic nitrogens is 2. The Hall–Kier alpha value is -1.73. The van der Waals surface area contributed by atoms with Gasteiger partial charge in [-0.15, -0.1) is 21.5 Å². The summed E-state index contributed by atoms with van der Waals surface area (Å²) in [4.78, 5) is 5.89. The van der Waals surface area contributed by atoms with Crippen LogP contribution in [0.2, 0.25) is 5.02 Å². The first-order valence-corrected chi connectivity index (χ1v) is 10.0. The molecule has 1 atom stereocenters. The fourth-order valence-electron chi connectivity index (χ4n) is 3.22. The third kappa shape index (κ3) is 3.99. The molecule has 2 aromatic heterocycles. The summed E-state index contributed by atoms with van der Waals surface area (Å²) in [5.41, 5.74) is 1.30. The first-order valence-electron chi connectivity index (χ1n) is 8.77. The molecule has 0 saturated carbocycles. The van der Waals surface area contributed by atoms with Crippen LogP contribution in [0.25, 0.3) is 10.8 Å². The molecule has 0 bridgehead atoms. The van der Waals surface area contributed by atoms with E-state index < -0.39 is 0 Å². The number of hydrogen-bond acceptors (Lipinski definition) is 6. The van der Waals surface area contributed by atoms with Gasteiger partial charge in [0, 0.05) is 37.7 Å². The Balaban J connectivity index is 1.33. The quantitative estimate of drug-likeness (QED) is 0.651. The molecule has 1 aliphatic rings. The molecule has 136 valence electrons. The van der Waals surface area contributed by atoms with Crippen molar-refractivity contribution in [3.05, 3.63) is 58.3 Å². The summed E-state index contributed by atoms with van der Waals surface area (Å²) in [6.07, 6.45) is 0. The lowest BCUT2D eigenvalue weighted by Gasteiger charge is -2.36. The molecule has 0 N–H and O–H groups in total. The average Bonchev–Trinajstić information content (AvgIpc) is 3.35. The molecule has 0 aliphatic carbocycles. The number of hydrogen-bond donors (Lipinski definition) is 0. The molecular weight excluding hydrogens is 368 g/mol. The van der Waals surface area contributed by atoms with Gasteiger partial charge in [0.2, 0.25) is 5.89 Å². The van der Waals surface area contributed by atoms with Crippen molar-refractivity contribution in [3.63, 3.8) is 0 Å². The van der Waals surface area contributed by atoms with E-state index in [0.717, 1.165) is 42.6 Å². The van der Waals surface area contributed by atoms with Crippen LogP contribution in [0.3, 0.4) is 0 Å². The summed E-state index contributed by atoms with van der Waals surface area (Å²) in [5.74, 6) is 1.31. The lowest BCUT2D eigenvalue weighted by atomic mass is 10.2. The molecule has 26 heavy (non-hydrogen) atoms. The molecule has 1 fully saturated rings. The predicted molar refractivity (Wildman–Crippen MR) is 104 cm³/mol. The van der Waals surface area contributed by atoms with Gasteiger partial charge in [0.25, 0.3) is 5.89 Å². The highest BCUT2D eigenvalue weighted by Crippen LogP contribution is 2.27. The summed E-state index contributed by atoms with van der Waals surface area (Å²) in [7, 11) is 0. The molecule has 0 unspecified atom stereocenters. The molecule has 3 heterocycles. The van der Waals surface area contributed by atoms with Gasteiger partial charge in [-0.25, -0.2) is 0 Å². The van der Waals surface area contributed by atoms with Gasteiger partial charge in [-0.05, 0) is 36.1 Å². The summed E-state index contributed by atoms with van der Waals surface area (Å²) < 4.78 is 5.90. The predicted octanol–water partition coefficient (Wildman–Crippen LogP) is 4.33. The van der Waals surface area contributed by atoms with E-state index in [0.29, 0.717) is 11.8 Å². The van der Waals surface area contributed by atoms with E-state index in [1.165, 1.54) is 5.56 Å². The molecule has 0 amide bonds. The highest BCUT2D eigenvalue weighted by Gasteiger charge is 2.26. The van der Waals surface area contributed by atoms with E-state index in [2.05, 4.69) is 39.1 Å². The lowest BCUT2D eigenvalue weighted by molar-refractivity contribution is 0.0876. The van der Waals surface area contributed by atoms with E-state index in [-0.39, 0.29) is 6.04 Å². The zero-order valence-electron chi connectivity index (χ0n) is 14.6. The van der Waals surface area contributed by atoms with Crippen LogP contribution in [0, 0.1) is 0 Å². The minimum Gasteiger partial charge on any atom is -0.418 e. The smallest absolute Gasteiger partial charge is 0.257 e. The second-order valence-corrected chi connectivity index (χ2v) is 7.92. The maximum absolute atomic E-state index is 5.96. The fourth-order valence-corrected chi connectivity index (χ4v) is 3.99. The van der Waals surface area contributed by atoms with Crippen LogP contribution in [-0.4, -0.2) is 46.2 Å². The normalized spacial score (nSPS) is 17.5. The Labute approximate surface area is 162 Å². The maximum atomic E-state index is 5.96. The molecule has 0 radical (unpaired) electrons.